The molecular formula is C8H10BrNO. The largest absolute Gasteiger partial charge is 0.316 e. The summed E-state index contributed by atoms with van der Waals surface area (Å²) in [6, 6.07) is 1.59. The molecule has 60 valence electrons. The maximum atomic E-state index is 11.1. The van der Waals surface area contributed by atoms with Gasteiger partial charge in [-0.05, 0) is 19.4 Å². The van der Waals surface area contributed by atoms with E-state index >= 15 is 0 Å². The van der Waals surface area contributed by atoms with Crippen molar-refractivity contribution in [2.75, 3.05) is 0 Å². The lowest BCUT2D eigenvalue weighted by Gasteiger charge is -2.07. The third-order valence-corrected chi connectivity index (χ3v) is 2.81. The van der Waals surface area contributed by atoms with Gasteiger partial charge in [-0.1, -0.05) is 15.9 Å². The SMILES string of the molecule is Cc1c(Br)cc(=O)n(C)c1C. The zero-order valence-corrected chi connectivity index (χ0v) is 8.40. The molecule has 1 rings (SSSR count). The van der Waals surface area contributed by atoms with Crippen LogP contribution in [0.15, 0.2) is 15.3 Å². The molecular weight excluding hydrogens is 206 g/mol. The second kappa shape index (κ2) is 2.81. The number of aromatic nitrogens is 1. The summed E-state index contributed by atoms with van der Waals surface area (Å²) in [5.74, 6) is 0. The molecule has 1 aromatic rings. The molecule has 0 aliphatic rings. The van der Waals surface area contributed by atoms with Gasteiger partial charge in [0.15, 0.2) is 0 Å². The van der Waals surface area contributed by atoms with Gasteiger partial charge in [0, 0.05) is 23.3 Å². The number of hydrogen-bond donors (Lipinski definition) is 0. The monoisotopic (exact) mass is 215 g/mol. The molecule has 0 aliphatic carbocycles. The van der Waals surface area contributed by atoms with Gasteiger partial charge in [-0.2, -0.15) is 0 Å². The molecule has 3 heteroatoms. The van der Waals surface area contributed by atoms with Crippen LogP contribution in [0.1, 0.15) is 11.3 Å². The van der Waals surface area contributed by atoms with Crippen molar-refractivity contribution < 1.29 is 0 Å². The maximum Gasteiger partial charge on any atom is 0.251 e. The molecule has 0 bridgehead atoms. The molecule has 0 unspecified atom stereocenters. The minimum absolute atomic E-state index is 0.0278. The van der Waals surface area contributed by atoms with Crippen LogP contribution >= 0.6 is 15.9 Å². The third kappa shape index (κ3) is 1.38. The van der Waals surface area contributed by atoms with Crippen LogP contribution in [-0.2, 0) is 7.05 Å². The first-order valence-electron chi connectivity index (χ1n) is 3.36. The Kier molecular flexibility index (Phi) is 2.18. The standard InChI is InChI=1S/C8H10BrNO/c1-5-6(2)10(3)8(11)4-7(5)9/h4H,1-3H3. The van der Waals surface area contributed by atoms with Gasteiger partial charge in [0.1, 0.15) is 0 Å². The van der Waals surface area contributed by atoms with Crippen LogP contribution in [0.3, 0.4) is 0 Å². The molecule has 0 saturated heterocycles. The molecule has 0 atom stereocenters. The highest BCUT2D eigenvalue weighted by Crippen LogP contribution is 2.15. The van der Waals surface area contributed by atoms with Crippen LogP contribution in [0.5, 0.6) is 0 Å². The topological polar surface area (TPSA) is 22.0 Å². The van der Waals surface area contributed by atoms with Crippen LogP contribution < -0.4 is 5.56 Å². The molecule has 0 N–H and O–H groups in total. The van der Waals surface area contributed by atoms with E-state index in [4.69, 9.17) is 0 Å². The second-order valence-corrected chi connectivity index (χ2v) is 3.45. The van der Waals surface area contributed by atoms with E-state index in [-0.39, 0.29) is 5.56 Å². The highest BCUT2D eigenvalue weighted by Gasteiger charge is 2.02. The van der Waals surface area contributed by atoms with Gasteiger partial charge in [-0.25, -0.2) is 0 Å². The fraction of sp³-hybridized carbons (Fsp3) is 0.375. The van der Waals surface area contributed by atoms with Gasteiger partial charge in [0.2, 0.25) is 0 Å². The van der Waals surface area contributed by atoms with Crippen molar-refractivity contribution in [2.24, 2.45) is 7.05 Å². The maximum absolute atomic E-state index is 11.1. The lowest BCUT2D eigenvalue weighted by atomic mass is 10.2. The fourth-order valence-electron chi connectivity index (χ4n) is 0.903. The predicted octanol–water partition coefficient (Wildman–Crippen LogP) is 1.76. The Hall–Kier alpha value is -0.570. The first kappa shape index (κ1) is 8.53. The molecule has 1 aromatic heterocycles. The Morgan fingerprint density at radius 3 is 2.55 bits per heavy atom. The number of hydrogen-bond acceptors (Lipinski definition) is 1. The minimum Gasteiger partial charge on any atom is -0.316 e. The molecule has 0 radical (unpaired) electrons. The lowest BCUT2D eigenvalue weighted by molar-refractivity contribution is 0.805. The Bertz CT molecular complexity index is 341. The van der Waals surface area contributed by atoms with E-state index in [0.717, 1.165) is 15.7 Å². The molecule has 11 heavy (non-hydrogen) atoms. The molecule has 0 aromatic carbocycles. The molecule has 0 spiro atoms. The van der Waals surface area contributed by atoms with E-state index in [1.807, 2.05) is 13.8 Å². The fourth-order valence-corrected chi connectivity index (χ4v) is 1.39. The van der Waals surface area contributed by atoms with Gasteiger partial charge in [0.05, 0.1) is 0 Å². The van der Waals surface area contributed by atoms with Crippen molar-refractivity contribution in [3.63, 3.8) is 0 Å². The normalized spacial score (nSPS) is 10.2. The third-order valence-electron chi connectivity index (χ3n) is 1.98. The van der Waals surface area contributed by atoms with Crippen molar-refractivity contribution >= 4 is 15.9 Å². The minimum atomic E-state index is 0.0278. The Morgan fingerprint density at radius 1 is 1.45 bits per heavy atom. The molecule has 1 heterocycles. The molecule has 0 aliphatic heterocycles. The van der Waals surface area contributed by atoms with Crippen LogP contribution in [0, 0.1) is 13.8 Å². The summed E-state index contributed by atoms with van der Waals surface area (Å²) in [4.78, 5) is 11.1. The zero-order chi connectivity index (χ0) is 8.59. The average Bonchev–Trinajstić information content (AvgIpc) is 1.97. The summed E-state index contributed by atoms with van der Waals surface area (Å²) in [6.07, 6.45) is 0. The van der Waals surface area contributed by atoms with Gasteiger partial charge < -0.3 is 4.57 Å². The van der Waals surface area contributed by atoms with Crippen LogP contribution in [-0.4, -0.2) is 4.57 Å². The summed E-state index contributed by atoms with van der Waals surface area (Å²) in [5.41, 5.74) is 2.15. The zero-order valence-electron chi connectivity index (χ0n) is 6.81. The first-order valence-corrected chi connectivity index (χ1v) is 4.16. The van der Waals surface area contributed by atoms with Crippen LogP contribution in [0.4, 0.5) is 0 Å². The molecule has 0 saturated carbocycles. The number of nitrogens with zero attached hydrogens (tertiary/aromatic N) is 1. The van der Waals surface area contributed by atoms with E-state index in [2.05, 4.69) is 15.9 Å². The summed E-state index contributed by atoms with van der Waals surface area (Å²) >= 11 is 3.32. The first-order chi connectivity index (χ1) is 5.04. The number of pyridine rings is 1. The summed E-state index contributed by atoms with van der Waals surface area (Å²) in [5, 5.41) is 0. The summed E-state index contributed by atoms with van der Waals surface area (Å²) in [6.45, 7) is 3.92. The smallest absolute Gasteiger partial charge is 0.251 e. The highest BCUT2D eigenvalue weighted by molar-refractivity contribution is 9.10. The van der Waals surface area contributed by atoms with E-state index in [9.17, 15) is 4.79 Å². The number of rotatable bonds is 0. The summed E-state index contributed by atoms with van der Waals surface area (Å²) < 4.78 is 2.53. The Labute approximate surface area is 74.0 Å². The van der Waals surface area contributed by atoms with E-state index in [1.54, 1.807) is 17.7 Å². The van der Waals surface area contributed by atoms with Gasteiger partial charge in [-0.15, -0.1) is 0 Å². The van der Waals surface area contributed by atoms with E-state index < -0.39 is 0 Å². The van der Waals surface area contributed by atoms with Crippen LogP contribution in [0.25, 0.3) is 0 Å². The number of halogens is 1. The highest BCUT2D eigenvalue weighted by atomic mass is 79.9. The molecule has 0 fully saturated rings. The van der Waals surface area contributed by atoms with E-state index in [0.29, 0.717) is 0 Å². The van der Waals surface area contributed by atoms with Crippen molar-refractivity contribution in [3.05, 3.63) is 32.2 Å². The second-order valence-electron chi connectivity index (χ2n) is 2.60. The predicted molar refractivity (Wildman–Crippen MR) is 48.9 cm³/mol. The molecule has 2 nitrogen and oxygen atoms in total. The van der Waals surface area contributed by atoms with E-state index in [1.165, 1.54) is 0 Å². The van der Waals surface area contributed by atoms with Gasteiger partial charge >= 0.3 is 0 Å². The summed E-state index contributed by atoms with van der Waals surface area (Å²) in [7, 11) is 1.77. The van der Waals surface area contributed by atoms with Crippen molar-refractivity contribution in [1.29, 1.82) is 0 Å². The van der Waals surface area contributed by atoms with Gasteiger partial charge in [0.25, 0.3) is 5.56 Å². The van der Waals surface area contributed by atoms with Gasteiger partial charge in [-0.3, -0.25) is 4.79 Å². The van der Waals surface area contributed by atoms with Crippen LogP contribution in [0.2, 0.25) is 0 Å². The Morgan fingerprint density at radius 2 is 2.00 bits per heavy atom. The van der Waals surface area contributed by atoms with Crippen molar-refractivity contribution in [3.8, 4) is 0 Å². The molecule has 0 amide bonds. The average molecular weight is 216 g/mol. The van der Waals surface area contributed by atoms with Crippen molar-refractivity contribution in [2.45, 2.75) is 13.8 Å². The lowest BCUT2D eigenvalue weighted by Crippen LogP contribution is -2.18. The quantitative estimate of drug-likeness (QED) is 0.647. The van der Waals surface area contributed by atoms with Crippen molar-refractivity contribution in [1.82, 2.24) is 4.57 Å². The Balaban J connectivity index is 3.59.